The van der Waals surface area contributed by atoms with Crippen molar-refractivity contribution in [1.29, 1.82) is 0 Å². The van der Waals surface area contributed by atoms with Crippen molar-refractivity contribution in [3.8, 4) is 0 Å². The Morgan fingerprint density at radius 2 is 2.41 bits per heavy atom. The maximum absolute atomic E-state index is 11.7. The molecule has 1 aromatic heterocycles. The number of nitrogens with two attached hydrogens (primary N) is 1. The molecule has 0 radical (unpaired) electrons. The van der Waals surface area contributed by atoms with Gasteiger partial charge in [0.05, 0.1) is 0 Å². The van der Waals surface area contributed by atoms with Gasteiger partial charge in [-0.3, -0.25) is 9.69 Å². The molecule has 4 N–H and O–H groups in total. The van der Waals surface area contributed by atoms with Crippen LogP contribution in [0.2, 0.25) is 0 Å². The Labute approximate surface area is 101 Å². The molecule has 1 aliphatic heterocycles. The molecule has 8 heteroatoms. The van der Waals surface area contributed by atoms with E-state index in [2.05, 4.69) is 10.3 Å². The molecule has 0 aromatic carbocycles. The summed E-state index contributed by atoms with van der Waals surface area (Å²) in [6, 6.07) is 0. The van der Waals surface area contributed by atoms with Gasteiger partial charge in [0.1, 0.15) is 5.01 Å². The SMILES string of the molecule is NC(=O)C1(c2nccs2)CNCCN1C(=O)O. The van der Waals surface area contributed by atoms with Crippen molar-refractivity contribution < 1.29 is 14.7 Å². The summed E-state index contributed by atoms with van der Waals surface area (Å²) in [6.07, 6.45) is 0.361. The number of nitrogens with one attached hydrogen (secondary N) is 1. The minimum Gasteiger partial charge on any atom is -0.465 e. The number of piperazine rings is 1. The van der Waals surface area contributed by atoms with Crippen molar-refractivity contribution in [3.05, 3.63) is 16.6 Å². The molecule has 1 atom stereocenters. The van der Waals surface area contributed by atoms with E-state index >= 15 is 0 Å². The first-order chi connectivity index (χ1) is 8.09. The van der Waals surface area contributed by atoms with Crippen LogP contribution in [-0.4, -0.2) is 46.6 Å². The smallest absolute Gasteiger partial charge is 0.408 e. The molecule has 2 amide bonds. The summed E-state index contributed by atoms with van der Waals surface area (Å²) in [7, 11) is 0. The molecule has 1 fully saturated rings. The predicted molar refractivity (Wildman–Crippen MR) is 60.6 cm³/mol. The first-order valence-electron chi connectivity index (χ1n) is 5.00. The summed E-state index contributed by atoms with van der Waals surface area (Å²) in [5, 5.41) is 14.3. The minimum absolute atomic E-state index is 0.155. The number of hydrogen-bond acceptors (Lipinski definition) is 5. The van der Waals surface area contributed by atoms with E-state index in [1.807, 2.05) is 0 Å². The summed E-state index contributed by atoms with van der Waals surface area (Å²) >= 11 is 1.22. The van der Waals surface area contributed by atoms with Crippen LogP contribution in [0.5, 0.6) is 0 Å². The first kappa shape index (κ1) is 11.8. The van der Waals surface area contributed by atoms with Crippen molar-refractivity contribution in [2.45, 2.75) is 5.54 Å². The van der Waals surface area contributed by atoms with Gasteiger partial charge in [0.2, 0.25) is 0 Å². The lowest BCUT2D eigenvalue weighted by Crippen LogP contribution is -2.66. The second kappa shape index (κ2) is 4.30. The van der Waals surface area contributed by atoms with Crippen LogP contribution in [0.25, 0.3) is 0 Å². The highest BCUT2D eigenvalue weighted by atomic mass is 32.1. The zero-order chi connectivity index (χ0) is 12.5. The van der Waals surface area contributed by atoms with Crippen LogP contribution in [0.4, 0.5) is 4.79 Å². The Morgan fingerprint density at radius 3 is 2.94 bits per heavy atom. The van der Waals surface area contributed by atoms with Crippen LogP contribution in [0, 0.1) is 0 Å². The molecule has 0 bridgehead atoms. The Hall–Kier alpha value is -1.67. The lowest BCUT2D eigenvalue weighted by Gasteiger charge is -2.41. The van der Waals surface area contributed by atoms with Crippen LogP contribution in [0.1, 0.15) is 5.01 Å². The Balaban J connectivity index is 2.51. The van der Waals surface area contributed by atoms with Crippen LogP contribution < -0.4 is 11.1 Å². The third-order valence-corrected chi connectivity index (χ3v) is 3.70. The van der Waals surface area contributed by atoms with E-state index in [0.717, 1.165) is 4.90 Å². The number of primary amides is 1. The molecule has 1 aromatic rings. The van der Waals surface area contributed by atoms with Crippen molar-refractivity contribution in [3.63, 3.8) is 0 Å². The number of thiazole rings is 1. The standard InChI is InChI=1S/C9H12N4O3S/c10-6(14)9(7-12-2-4-17-7)5-11-1-3-13(9)8(15)16/h2,4,11H,1,3,5H2,(H2,10,14)(H,15,16). The van der Waals surface area contributed by atoms with Gasteiger partial charge in [0.25, 0.3) is 5.91 Å². The molecule has 0 spiro atoms. The van der Waals surface area contributed by atoms with E-state index in [0.29, 0.717) is 11.6 Å². The lowest BCUT2D eigenvalue weighted by molar-refractivity contribution is -0.131. The minimum atomic E-state index is -1.39. The number of carboxylic acid groups (broad SMARTS) is 1. The van der Waals surface area contributed by atoms with Crippen LogP contribution in [0.3, 0.4) is 0 Å². The van der Waals surface area contributed by atoms with Gasteiger partial charge in [-0.15, -0.1) is 11.3 Å². The largest absolute Gasteiger partial charge is 0.465 e. The highest BCUT2D eigenvalue weighted by Crippen LogP contribution is 2.31. The van der Waals surface area contributed by atoms with Crippen molar-refractivity contribution in [2.24, 2.45) is 5.73 Å². The topological polar surface area (TPSA) is 109 Å². The van der Waals surface area contributed by atoms with Gasteiger partial charge in [-0.1, -0.05) is 0 Å². The summed E-state index contributed by atoms with van der Waals surface area (Å²) < 4.78 is 0. The summed E-state index contributed by atoms with van der Waals surface area (Å²) in [4.78, 5) is 28.1. The molecule has 2 heterocycles. The average molecular weight is 256 g/mol. The monoisotopic (exact) mass is 256 g/mol. The molecular formula is C9H12N4O3S. The van der Waals surface area contributed by atoms with Crippen LogP contribution >= 0.6 is 11.3 Å². The maximum atomic E-state index is 11.7. The molecule has 0 aliphatic carbocycles. The highest BCUT2D eigenvalue weighted by molar-refractivity contribution is 7.09. The Morgan fingerprint density at radius 1 is 1.65 bits per heavy atom. The number of carbonyl (C=O) groups is 2. The molecule has 17 heavy (non-hydrogen) atoms. The molecule has 1 saturated heterocycles. The highest BCUT2D eigenvalue weighted by Gasteiger charge is 2.50. The molecule has 92 valence electrons. The number of amides is 2. The molecule has 7 nitrogen and oxygen atoms in total. The van der Waals surface area contributed by atoms with Gasteiger partial charge in [-0.2, -0.15) is 0 Å². The molecular weight excluding hydrogens is 244 g/mol. The second-order valence-corrected chi connectivity index (χ2v) is 4.57. The van der Waals surface area contributed by atoms with E-state index < -0.39 is 17.5 Å². The first-order valence-corrected chi connectivity index (χ1v) is 5.88. The van der Waals surface area contributed by atoms with E-state index in [4.69, 9.17) is 5.73 Å². The lowest BCUT2D eigenvalue weighted by atomic mass is 9.95. The zero-order valence-corrected chi connectivity index (χ0v) is 9.74. The van der Waals surface area contributed by atoms with E-state index in [1.54, 1.807) is 5.38 Å². The average Bonchev–Trinajstić information content (AvgIpc) is 2.82. The third kappa shape index (κ3) is 1.75. The molecule has 0 saturated carbocycles. The van der Waals surface area contributed by atoms with E-state index in [9.17, 15) is 14.7 Å². The van der Waals surface area contributed by atoms with Gasteiger partial charge in [-0.25, -0.2) is 9.78 Å². The number of hydrogen-bond donors (Lipinski definition) is 3. The summed E-state index contributed by atoms with van der Waals surface area (Å²) in [5.41, 5.74) is 4.01. The fourth-order valence-electron chi connectivity index (χ4n) is 1.95. The van der Waals surface area contributed by atoms with Gasteiger partial charge in [0.15, 0.2) is 5.54 Å². The van der Waals surface area contributed by atoms with Crippen LogP contribution in [0.15, 0.2) is 11.6 Å². The molecule has 1 aliphatic rings. The van der Waals surface area contributed by atoms with Crippen molar-refractivity contribution in [1.82, 2.24) is 15.2 Å². The number of aromatic nitrogens is 1. The normalized spacial score (nSPS) is 24.6. The molecule has 2 rings (SSSR count). The van der Waals surface area contributed by atoms with Crippen molar-refractivity contribution >= 4 is 23.3 Å². The Bertz CT molecular complexity index is 435. The number of rotatable bonds is 2. The number of carbonyl (C=O) groups excluding carboxylic acids is 1. The zero-order valence-electron chi connectivity index (χ0n) is 8.92. The molecule has 1 unspecified atom stereocenters. The third-order valence-electron chi connectivity index (χ3n) is 2.78. The predicted octanol–water partition coefficient (Wildman–Crippen LogP) is -0.593. The summed E-state index contributed by atoms with van der Waals surface area (Å²) in [5.74, 6) is -0.706. The van der Waals surface area contributed by atoms with E-state index in [1.165, 1.54) is 17.5 Å². The Kier molecular flexibility index (Phi) is 2.99. The fourth-order valence-corrected chi connectivity index (χ4v) is 2.80. The van der Waals surface area contributed by atoms with Crippen LogP contribution in [-0.2, 0) is 10.3 Å². The second-order valence-electron chi connectivity index (χ2n) is 3.67. The van der Waals surface area contributed by atoms with Gasteiger partial charge in [-0.05, 0) is 0 Å². The van der Waals surface area contributed by atoms with Gasteiger partial charge in [0, 0.05) is 31.2 Å². The quantitative estimate of drug-likeness (QED) is 0.655. The maximum Gasteiger partial charge on any atom is 0.408 e. The van der Waals surface area contributed by atoms with Crippen molar-refractivity contribution in [2.75, 3.05) is 19.6 Å². The van der Waals surface area contributed by atoms with Gasteiger partial charge >= 0.3 is 6.09 Å². The van der Waals surface area contributed by atoms with Gasteiger partial charge < -0.3 is 16.2 Å². The summed E-state index contributed by atoms with van der Waals surface area (Å²) in [6.45, 7) is 0.854. The fraction of sp³-hybridized carbons (Fsp3) is 0.444. The number of nitrogens with zero attached hydrogens (tertiary/aromatic N) is 2. The van der Waals surface area contributed by atoms with E-state index in [-0.39, 0.29) is 13.1 Å².